The lowest BCUT2D eigenvalue weighted by Crippen LogP contribution is -2.51. The Bertz CT molecular complexity index is 1570. The molecule has 1 N–H and O–H groups in total. The summed E-state index contributed by atoms with van der Waals surface area (Å²) in [5, 5.41) is 4.64. The summed E-state index contributed by atoms with van der Waals surface area (Å²) in [6, 6.07) is 14.9. The highest BCUT2D eigenvalue weighted by Gasteiger charge is 2.33. The SMILES string of the molecule is Cc1ccccc1N1CCN(C(=O)C2CCc3c(sc4ncnc(Nc5ccc6c(c5)C=NC6)c34)C2)CC1. The maximum atomic E-state index is 13.6. The Morgan fingerprint density at radius 3 is 2.82 bits per heavy atom. The molecule has 2 aliphatic heterocycles. The van der Waals surface area contributed by atoms with Crippen molar-refractivity contribution in [3.8, 4) is 0 Å². The second-order valence-corrected chi connectivity index (χ2v) is 11.5. The lowest BCUT2D eigenvalue weighted by atomic mass is 9.86. The number of thiophene rings is 1. The molecule has 7 nitrogen and oxygen atoms in total. The number of benzene rings is 2. The fraction of sp³-hybridized carbons (Fsp3) is 0.333. The molecule has 0 bridgehead atoms. The van der Waals surface area contributed by atoms with Gasteiger partial charge < -0.3 is 15.1 Å². The van der Waals surface area contributed by atoms with E-state index in [9.17, 15) is 4.79 Å². The molecular weight excluding hydrogens is 492 g/mol. The number of anilines is 3. The number of aliphatic imine (C=N–C) groups is 1. The maximum absolute atomic E-state index is 13.6. The van der Waals surface area contributed by atoms with Gasteiger partial charge in [0.1, 0.15) is 17.0 Å². The van der Waals surface area contributed by atoms with Gasteiger partial charge in [0, 0.05) is 54.6 Å². The van der Waals surface area contributed by atoms with Crippen LogP contribution in [0, 0.1) is 12.8 Å². The quantitative estimate of drug-likeness (QED) is 0.402. The van der Waals surface area contributed by atoms with Crippen LogP contribution in [-0.2, 0) is 24.2 Å². The molecule has 3 aliphatic rings. The lowest BCUT2D eigenvalue weighted by molar-refractivity contribution is -0.136. The predicted molar refractivity (Wildman–Crippen MR) is 154 cm³/mol. The summed E-state index contributed by atoms with van der Waals surface area (Å²) < 4.78 is 0. The number of carbonyl (C=O) groups is 1. The number of amides is 1. The number of carbonyl (C=O) groups excluding carboxylic acids is 1. The Balaban J connectivity index is 1.07. The first-order chi connectivity index (χ1) is 18.6. The average Bonchev–Trinajstić information content (AvgIpc) is 3.57. The van der Waals surface area contributed by atoms with E-state index in [-0.39, 0.29) is 5.92 Å². The summed E-state index contributed by atoms with van der Waals surface area (Å²) in [6.07, 6.45) is 6.12. The molecule has 38 heavy (non-hydrogen) atoms. The Kier molecular flexibility index (Phi) is 5.84. The number of hydrogen-bond donors (Lipinski definition) is 1. The van der Waals surface area contributed by atoms with Crippen molar-refractivity contribution in [2.75, 3.05) is 36.4 Å². The molecule has 4 aromatic rings. The van der Waals surface area contributed by atoms with Crippen molar-refractivity contribution in [3.63, 3.8) is 0 Å². The molecule has 4 heterocycles. The fourth-order valence-electron chi connectivity index (χ4n) is 6.08. The zero-order chi connectivity index (χ0) is 25.6. The van der Waals surface area contributed by atoms with Crippen molar-refractivity contribution < 1.29 is 4.79 Å². The van der Waals surface area contributed by atoms with Gasteiger partial charge >= 0.3 is 0 Å². The number of nitrogens with one attached hydrogen (secondary N) is 1. The Morgan fingerprint density at radius 2 is 1.95 bits per heavy atom. The van der Waals surface area contributed by atoms with Gasteiger partial charge in [0.25, 0.3) is 0 Å². The van der Waals surface area contributed by atoms with E-state index < -0.39 is 0 Å². The first-order valence-electron chi connectivity index (χ1n) is 13.4. The van der Waals surface area contributed by atoms with Gasteiger partial charge in [0.05, 0.1) is 11.9 Å². The summed E-state index contributed by atoms with van der Waals surface area (Å²) in [7, 11) is 0. The summed E-state index contributed by atoms with van der Waals surface area (Å²) in [6.45, 7) is 6.26. The van der Waals surface area contributed by atoms with Crippen LogP contribution in [0.2, 0.25) is 0 Å². The molecule has 1 unspecified atom stereocenters. The molecule has 1 fully saturated rings. The number of para-hydroxylation sites is 1. The molecule has 0 spiro atoms. The highest BCUT2D eigenvalue weighted by atomic mass is 32.1. The maximum Gasteiger partial charge on any atom is 0.226 e. The summed E-state index contributed by atoms with van der Waals surface area (Å²) in [5.41, 5.74) is 7.30. The molecular formula is C30H30N6OS. The van der Waals surface area contributed by atoms with Gasteiger partial charge in [-0.2, -0.15) is 0 Å². The van der Waals surface area contributed by atoms with Crippen LogP contribution < -0.4 is 10.2 Å². The van der Waals surface area contributed by atoms with E-state index in [1.165, 1.54) is 27.3 Å². The minimum absolute atomic E-state index is 0.0425. The van der Waals surface area contributed by atoms with Crippen LogP contribution in [0.3, 0.4) is 0 Å². The first-order valence-corrected chi connectivity index (χ1v) is 14.2. The summed E-state index contributed by atoms with van der Waals surface area (Å²) >= 11 is 1.72. The molecule has 7 rings (SSSR count). The van der Waals surface area contributed by atoms with E-state index in [0.717, 1.165) is 79.3 Å². The number of aryl methyl sites for hydroxylation is 2. The van der Waals surface area contributed by atoms with Crippen molar-refractivity contribution in [3.05, 3.63) is 75.9 Å². The van der Waals surface area contributed by atoms with Gasteiger partial charge in [-0.25, -0.2) is 9.97 Å². The van der Waals surface area contributed by atoms with Crippen molar-refractivity contribution in [1.82, 2.24) is 14.9 Å². The van der Waals surface area contributed by atoms with Crippen LogP contribution in [-0.4, -0.2) is 53.2 Å². The molecule has 8 heteroatoms. The van der Waals surface area contributed by atoms with Gasteiger partial charge in [-0.1, -0.05) is 24.3 Å². The van der Waals surface area contributed by atoms with Crippen LogP contribution in [0.4, 0.5) is 17.2 Å². The van der Waals surface area contributed by atoms with Gasteiger partial charge in [-0.15, -0.1) is 11.3 Å². The van der Waals surface area contributed by atoms with Gasteiger partial charge in [-0.3, -0.25) is 9.79 Å². The number of hydrogen-bond acceptors (Lipinski definition) is 7. The smallest absolute Gasteiger partial charge is 0.226 e. The molecule has 192 valence electrons. The van der Waals surface area contributed by atoms with E-state index in [1.807, 2.05) is 6.21 Å². The molecule has 2 aromatic carbocycles. The van der Waals surface area contributed by atoms with Gasteiger partial charge in [0.15, 0.2) is 0 Å². The van der Waals surface area contributed by atoms with Crippen molar-refractivity contribution >= 4 is 50.9 Å². The number of rotatable bonds is 4. The minimum Gasteiger partial charge on any atom is -0.368 e. The zero-order valence-electron chi connectivity index (χ0n) is 21.5. The third-order valence-corrected chi connectivity index (χ3v) is 9.31. The second kappa shape index (κ2) is 9.51. The zero-order valence-corrected chi connectivity index (χ0v) is 22.3. The molecule has 1 atom stereocenters. The van der Waals surface area contributed by atoms with Crippen LogP contribution in [0.25, 0.3) is 10.2 Å². The third-order valence-electron chi connectivity index (χ3n) is 8.14. The van der Waals surface area contributed by atoms with Crippen LogP contribution >= 0.6 is 11.3 Å². The van der Waals surface area contributed by atoms with E-state index in [0.29, 0.717) is 5.91 Å². The molecule has 0 radical (unpaired) electrons. The summed E-state index contributed by atoms with van der Waals surface area (Å²) in [5.74, 6) is 1.20. The largest absolute Gasteiger partial charge is 0.368 e. The molecule has 1 amide bonds. The molecule has 1 saturated heterocycles. The van der Waals surface area contributed by atoms with E-state index >= 15 is 0 Å². The highest BCUT2D eigenvalue weighted by molar-refractivity contribution is 7.19. The summed E-state index contributed by atoms with van der Waals surface area (Å²) in [4.78, 5) is 33.9. The molecule has 0 saturated carbocycles. The van der Waals surface area contributed by atoms with E-state index in [4.69, 9.17) is 0 Å². The van der Waals surface area contributed by atoms with Crippen LogP contribution in [0.5, 0.6) is 0 Å². The van der Waals surface area contributed by atoms with Crippen molar-refractivity contribution in [2.24, 2.45) is 10.9 Å². The molecule has 1 aliphatic carbocycles. The van der Waals surface area contributed by atoms with Crippen LogP contribution in [0.1, 0.15) is 33.6 Å². The average molecular weight is 523 g/mol. The fourth-order valence-corrected chi connectivity index (χ4v) is 7.34. The number of aromatic nitrogens is 2. The monoisotopic (exact) mass is 522 g/mol. The normalized spacial score (nSPS) is 18.5. The third kappa shape index (κ3) is 4.13. The van der Waals surface area contributed by atoms with E-state index in [1.54, 1.807) is 17.7 Å². The molecule has 2 aromatic heterocycles. The topological polar surface area (TPSA) is 73.7 Å². The van der Waals surface area contributed by atoms with Gasteiger partial charge in [0.2, 0.25) is 5.91 Å². The Labute approximate surface area is 226 Å². The number of fused-ring (bicyclic) bond motifs is 4. The standard InChI is InChI=1S/C30H30N6OS/c1-19-4-2-3-5-25(19)35-10-12-36(13-11-35)30(37)20-7-9-24-26(15-20)38-29-27(24)28(32-18-33-29)34-23-8-6-21-16-31-17-22(21)14-23/h2-6,8,14,17-18,20H,7,9-13,15-16H2,1H3,(H,32,33,34). The van der Waals surface area contributed by atoms with Crippen molar-refractivity contribution in [1.29, 1.82) is 0 Å². The Morgan fingerprint density at radius 1 is 1.08 bits per heavy atom. The number of nitrogens with zero attached hydrogens (tertiary/aromatic N) is 5. The van der Waals surface area contributed by atoms with Crippen molar-refractivity contribution in [2.45, 2.75) is 32.7 Å². The van der Waals surface area contributed by atoms with E-state index in [2.05, 4.69) is 79.5 Å². The lowest BCUT2D eigenvalue weighted by Gasteiger charge is -2.38. The predicted octanol–water partition coefficient (Wildman–Crippen LogP) is 5.13. The number of piperazine rings is 1. The Hall–Kier alpha value is -3.78. The first kappa shape index (κ1) is 23.3. The van der Waals surface area contributed by atoms with Gasteiger partial charge in [-0.05, 0) is 66.6 Å². The second-order valence-electron chi connectivity index (χ2n) is 10.5. The highest BCUT2D eigenvalue weighted by Crippen LogP contribution is 2.41. The van der Waals surface area contributed by atoms with Crippen LogP contribution in [0.15, 0.2) is 53.8 Å². The minimum atomic E-state index is 0.0425.